The predicted octanol–water partition coefficient (Wildman–Crippen LogP) is 6.42. The van der Waals surface area contributed by atoms with Gasteiger partial charge < -0.3 is 20.4 Å². The predicted molar refractivity (Wildman–Crippen MR) is 244 cm³/mol. The Labute approximate surface area is 369 Å². The third kappa shape index (κ3) is 8.24. The van der Waals surface area contributed by atoms with Crippen molar-refractivity contribution in [2.45, 2.75) is 36.8 Å². The van der Waals surface area contributed by atoms with Crippen LogP contribution in [-0.4, -0.2) is 85.8 Å². The topological polar surface area (TPSA) is 167 Å². The van der Waals surface area contributed by atoms with Gasteiger partial charge in [0.2, 0.25) is 5.91 Å². The number of nitrogens with zero attached hydrogens (tertiary/aromatic N) is 6. The molecule has 9 heterocycles. The number of pyridine rings is 3. The molecule has 5 aliphatic heterocycles. The van der Waals surface area contributed by atoms with Crippen LogP contribution in [0.1, 0.15) is 58.3 Å². The zero-order valence-electron chi connectivity index (χ0n) is 34.7. The average Bonchev–Trinajstić information content (AvgIpc) is 4.20. The Hall–Kier alpha value is -7.90. The number of hydrogen-bond donors (Lipinski definition) is 3. The number of carbonyl (C=O) groups is 3. The molecule has 3 N–H and O–H groups in total. The van der Waals surface area contributed by atoms with Crippen molar-refractivity contribution in [3.63, 3.8) is 0 Å². The van der Waals surface area contributed by atoms with E-state index in [1.807, 2.05) is 61.2 Å². The maximum Gasteiger partial charge on any atom is 0.253 e. The van der Waals surface area contributed by atoms with Crippen LogP contribution in [0.4, 0.5) is 0 Å². The summed E-state index contributed by atoms with van der Waals surface area (Å²) in [5.41, 5.74) is 11.5. The highest BCUT2D eigenvalue weighted by atomic mass is 16.5. The van der Waals surface area contributed by atoms with Crippen LogP contribution < -0.4 is 15.4 Å². The molecule has 0 radical (unpaired) electrons. The van der Waals surface area contributed by atoms with Gasteiger partial charge in [-0.05, 0) is 114 Å². The van der Waals surface area contributed by atoms with Crippen molar-refractivity contribution in [3.8, 4) is 5.75 Å². The van der Waals surface area contributed by atoms with Crippen molar-refractivity contribution in [1.82, 2.24) is 35.5 Å². The fourth-order valence-corrected chi connectivity index (χ4v) is 8.88. The van der Waals surface area contributed by atoms with Gasteiger partial charge in [0.15, 0.2) is 0 Å². The second kappa shape index (κ2) is 17.8. The van der Waals surface area contributed by atoms with Crippen molar-refractivity contribution in [2.24, 2.45) is 9.98 Å². The molecule has 64 heavy (non-hydrogen) atoms. The normalized spacial score (nSPS) is 23.2. The number of aromatic nitrogens is 4. The Kier molecular flexibility index (Phi) is 11.2. The molecule has 4 aromatic heterocycles. The Bertz CT molecular complexity index is 2840. The summed E-state index contributed by atoms with van der Waals surface area (Å²) in [6, 6.07) is 24.3. The summed E-state index contributed by atoms with van der Waals surface area (Å²) in [4.78, 5) is 64.5. The summed E-state index contributed by atoms with van der Waals surface area (Å²) in [6.07, 6.45) is 26.9. The first-order chi connectivity index (χ1) is 31.5. The molecule has 0 fully saturated rings. The van der Waals surface area contributed by atoms with Crippen molar-refractivity contribution in [1.29, 1.82) is 0 Å². The molecule has 0 saturated heterocycles. The van der Waals surface area contributed by atoms with E-state index < -0.39 is 11.8 Å². The molecule has 13 nitrogen and oxygen atoms in total. The summed E-state index contributed by atoms with van der Waals surface area (Å²) in [5.74, 6) is -0.592. The molecule has 0 spiro atoms. The Morgan fingerprint density at radius 2 is 1.14 bits per heavy atom. The zero-order valence-corrected chi connectivity index (χ0v) is 34.7. The van der Waals surface area contributed by atoms with Crippen LogP contribution in [0.3, 0.4) is 0 Å². The van der Waals surface area contributed by atoms with E-state index in [-0.39, 0.29) is 42.8 Å². The fraction of sp³-hybridized carbons (Fsp3) is 0.176. The lowest BCUT2D eigenvalue weighted by Crippen LogP contribution is -2.42. The van der Waals surface area contributed by atoms with Crippen LogP contribution >= 0.6 is 0 Å². The largest absolute Gasteiger partial charge is 0.494 e. The number of hydrogen-bond acceptors (Lipinski definition) is 10. The van der Waals surface area contributed by atoms with E-state index >= 15 is 0 Å². The number of carbonyl (C=O) groups excluding carboxylic acids is 3. The van der Waals surface area contributed by atoms with Crippen LogP contribution in [0.2, 0.25) is 0 Å². The van der Waals surface area contributed by atoms with E-state index in [2.05, 4.69) is 103 Å². The van der Waals surface area contributed by atoms with Crippen molar-refractivity contribution >= 4 is 40.3 Å². The van der Waals surface area contributed by atoms with Crippen molar-refractivity contribution < 1.29 is 19.1 Å². The number of imide groups is 1. The molecule has 5 aromatic rings. The van der Waals surface area contributed by atoms with Gasteiger partial charge >= 0.3 is 0 Å². The first-order valence-corrected chi connectivity index (χ1v) is 21.4. The van der Waals surface area contributed by atoms with Gasteiger partial charge in [0, 0.05) is 115 Å². The number of allylic oxidation sites excluding steroid dienone is 4. The molecule has 1 aromatic carbocycles. The molecule has 0 saturated carbocycles. The number of ether oxygens (including phenoxy) is 1. The summed E-state index contributed by atoms with van der Waals surface area (Å²) >= 11 is 0. The minimum Gasteiger partial charge on any atom is -0.494 e. The summed E-state index contributed by atoms with van der Waals surface area (Å²) in [5, 5.41) is 6.85. The van der Waals surface area contributed by atoms with Gasteiger partial charge in [-0.2, -0.15) is 0 Å². The van der Waals surface area contributed by atoms with Gasteiger partial charge in [-0.25, -0.2) is 0 Å². The Morgan fingerprint density at radius 1 is 0.625 bits per heavy atom. The lowest BCUT2D eigenvalue weighted by atomic mass is 9.86. The molecule has 8 bridgehead atoms. The van der Waals surface area contributed by atoms with Crippen LogP contribution in [0.25, 0.3) is 11.1 Å². The first-order valence-electron chi connectivity index (χ1n) is 21.4. The zero-order chi connectivity index (χ0) is 43.4. The molecule has 4 unspecified atom stereocenters. The maximum absolute atomic E-state index is 12.4. The number of benzene rings is 1. The highest BCUT2D eigenvalue weighted by Crippen LogP contribution is 2.39. The molecule has 4 atom stereocenters. The standard InChI is InChI=1S/C51H43N9O4/c61-45(22-30-60-46(62)14-15-47(60)63)55-23-1-31-64-36-4-2-32(3-5-36)48-37-6-8-39(56-37)49(33-16-24-52-25-17-33)41-10-12-43(58-41)51(35-20-28-54-29-21-35)44-13-11-42(59-44)50(34-18-26-53-27-19-34)40-9-7-38(48)57-40/h2-21,24-29,37,39,48-49,56,59H,1,22-23,30-31H2,(H,55,61)/b50-40-,51-43-. The van der Waals surface area contributed by atoms with E-state index in [0.29, 0.717) is 25.3 Å². The van der Waals surface area contributed by atoms with Gasteiger partial charge in [-0.15, -0.1) is 0 Å². The van der Waals surface area contributed by atoms with E-state index in [0.717, 1.165) is 72.5 Å². The maximum atomic E-state index is 12.4. The van der Waals surface area contributed by atoms with Crippen molar-refractivity contribution in [3.05, 3.63) is 204 Å². The van der Waals surface area contributed by atoms with E-state index in [1.165, 1.54) is 12.2 Å². The minimum absolute atomic E-state index is 0.0481. The molecular formula is C51H43N9O4. The Morgan fingerprint density at radius 3 is 1.69 bits per heavy atom. The fourth-order valence-electron chi connectivity index (χ4n) is 8.88. The van der Waals surface area contributed by atoms with Gasteiger partial charge in [-0.3, -0.25) is 44.2 Å². The van der Waals surface area contributed by atoms with E-state index in [9.17, 15) is 14.4 Å². The van der Waals surface area contributed by atoms with Crippen molar-refractivity contribution in [2.75, 3.05) is 19.7 Å². The smallest absolute Gasteiger partial charge is 0.253 e. The van der Waals surface area contributed by atoms with Crippen LogP contribution in [0.15, 0.2) is 180 Å². The number of aromatic amines is 1. The van der Waals surface area contributed by atoms with Gasteiger partial charge in [-0.1, -0.05) is 24.3 Å². The average molecular weight is 846 g/mol. The number of H-pyrrole nitrogens is 1. The lowest BCUT2D eigenvalue weighted by Gasteiger charge is -2.28. The molecule has 5 aliphatic rings. The summed E-state index contributed by atoms with van der Waals surface area (Å²) in [6.45, 7) is 0.846. The van der Waals surface area contributed by atoms with Crippen LogP contribution in [0, 0.1) is 0 Å². The molecular weight excluding hydrogens is 803 g/mol. The monoisotopic (exact) mass is 845 g/mol. The van der Waals surface area contributed by atoms with Gasteiger partial charge in [0.05, 0.1) is 29.4 Å². The SMILES string of the molecule is O=C(CCN1C(=O)C=CC1=O)NCCCOc1ccc(C2C3=N/C(=C(/c4ccncc4)c4ccc([nH]4)/C(c4ccncc4)=C4/C=CC(=N4)C(c4ccncc4)C4C=CC2N4)C=C3)cc1. The number of amides is 3. The lowest BCUT2D eigenvalue weighted by molar-refractivity contribution is -0.137. The number of nitrogens with one attached hydrogen (secondary N) is 3. The van der Waals surface area contributed by atoms with Gasteiger partial charge in [0.1, 0.15) is 5.75 Å². The third-order valence-corrected chi connectivity index (χ3v) is 11.9. The molecule has 13 heteroatoms. The second-order valence-corrected chi connectivity index (χ2v) is 15.9. The molecule has 0 aliphatic carbocycles. The second-order valence-electron chi connectivity index (χ2n) is 15.9. The van der Waals surface area contributed by atoms with E-state index in [4.69, 9.17) is 14.7 Å². The highest BCUT2D eigenvalue weighted by Gasteiger charge is 2.37. The number of aliphatic imine (C=N–C) groups is 2. The minimum atomic E-state index is -0.395. The number of fused-ring (bicyclic) bond motifs is 6. The highest BCUT2D eigenvalue weighted by molar-refractivity contribution is 6.13. The van der Waals surface area contributed by atoms with Crippen LogP contribution in [0.5, 0.6) is 5.75 Å². The van der Waals surface area contributed by atoms with Crippen LogP contribution in [-0.2, 0) is 14.4 Å². The Balaban J connectivity index is 0.963. The molecule has 10 rings (SSSR count). The van der Waals surface area contributed by atoms with Gasteiger partial charge in [0.25, 0.3) is 11.8 Å². The quantitative estimate of drug-likeness (QED) is 0.0736. The first kappa shape index (κ1) is 40.2. The number of rotatable bonds is 12. The summed E-state index contributed by atoms with van der Waals surface area (Å²) < 4.78 is 6.11. The summed E-state index contributed by atoms with van der Waals surface area (Å²) in [7, 11) is 0. The third-order valence-electron chi connectivity index (χ3n) is 11.9. The van der Waals surface area contributed by atoms with E-state index in [1.54, 1.807) is 12.4 Å². The molecule has 3 amide bonds. The molecule has 316 valence electrons.